The second-order valence-corrected chi connectivity index (χ2v) is 9.41. The van der Waals surface area contributed by atoms with Gasteiger partial charge in [-0.05, 0) is 53.6 Å². The van der Waals surface area contributed by atoms with Gasteiger partial charge in [-0.1, -0.05) is 0 Å². The van der Waals surface area contributed by atoms with Crippen LogP contribution in [-0.2, 0) is 4.74 Å². The Balaban J connectivity index is 1.34. The minimum atomic E-state index is 0.248. The van der Waals surface area contributed by atoms with Crippen LogP contribution in [0.5, 0.6) is 0 Å². The maximum Gasteiger partial charge on any atom is 0.320 e. The van der Waals surface area contributed by atoms with Crippen LogP contribution in [0.25, 0.3) is 0 Å². The van der Waals surface area contributed by atoms with Crippen LogP contribution in [0.15, 0.2) is 0 Å². The van der Waals surface area contributed by atoms with E-state index in [0.29, 0.717) is 18.2 Å². The highest BCUT2D eigenvalue weighted by Crippen LogP contribution is 2.20. The van der Waals surface area contributed by atoms with Gasteiger partial charge in [0.1, 0.15) is 0 Å². The van der Waals surface area contributed by atoms with Crippen LogP contribution in [0.4, 0.5) is 4.79 Å². The maximum atomic E-state index is 12.9. The molecular formula is C22H43N5O2. The van der Waals surface area contributed by atoms with Crippen molar-refractivity contribution in [2.75, 3.05) is 78.6 Å². The molecule has 3 saturated heterocycles. The highest BCUT2D eigenvalue weighted by molar-refractivity contribution is 5.74. The van der Waals surface area contributed by atoms with Crippen molar-refractivity contribution in [3.05, 3.63) is 0 Å². The lowest BCUT2D eigenvalue weighted by Gasteiger charge is -2.45. The van der Waals surface area contributed by atoms with Crippen LogP contribution < -0.4 is 0 Å². The summed E-state index contributed by atoms with van der Waals surface area (Å²) in [4.78, 5) is 24.7. The van der Waals surface area contributed by atoms with Crippen molar-refractivity contribution in [1.29, 1.82) is 0 Å². The van der Waals surface area contributed by atoms with E-state index < -0.39 is 0 Å². The van der Waals surface area contributed by atoms with E-state index in [1.807, 2.05) is 0 Å². The van der Waals surface area contributed by atoms with Gasteiger partial charge in [-0.25, -0.2) is 4.79 Å². The Labute approximate surface area is 177 Å². The number of nitrogens with zero attached hydrogens (tertiary/aromatic N) is 5. The Kier molecular flexibility index (Phi) is 8.59. The summed E-state index contributed by atoms with van der Waals surface area (Å²) in [6.07, 6.45) is 2.84. The molecule has 0 spiro atoms. The first kappa shape index (κ1) is 22.8. The molecule has 0 aromatic rings. The van der Waals surface area contributed by atoms with Crippen LogP contribution >= 0.6 is 0 Å². The molecule has 29 heavy (non-hydrogen) atoms. The summed E-state index contributed by atoms with van der Waals surface area (Å²) in [5.74, 6) is 0. The summed E-state index contributed by atoms with van der Waals surface area (Å²) >= 11 is 0. The normalized spacial score (nSPS) is 24.1. The molecule has 0 N–H and O–H groups in total. The highest BCUT2D eigenvalue weighted by atomic mass is 16.5. The molecule has 3 aliphatic heterocycles. The minimum Gasteiger partial charge on any atom is -0.377 e. The summed E-state index contributed by atoms with van der Waals surface area (Å²) in [5.41, 5.74) is 0. The SMILES string of the molecule is CC(C)OCCN1CCN(C(=O)N2CCN(C3CCN(C(C)C)CC3)CC2)CC1. The minimum absolute atomic E-state index is 0.248. The zero-order valence-corrected chi connectivity index (χ0v) is 19.2. The molecule has 2 amide bonds. The van der Waals surface area contributed by atoms with Crippen LogP contribution in [0.1, 0.15) is 40.5 Å². The third kappa shape index (κ3) is 6.54. The number of carbonyl (C=O) groups excluding carboxylic acids is 1. The molecule has 0 aromatic carbocycles. The lowest BCUT2D eigenvalue weighted by molar-refractivity contribution is 0.0381. The van der Waals surface area contributed by atoms with Gasteiger partial charge in [-0.15, -0.1) is 0 Å². The van der Waals surface area contributed by atoms with E-state index in [-0.39, 0.29) is 6.03 Å². The van der Waals surface area contributed by atoms with Crippen molar-refractivity contribution < 1.29 is 9.53 Å². The fraction of sp³-hybridized carbons (Fsp3) is 0.955. The predicted molar refractivity (Wildman–Crippen MR) is 117 cm³/mol. The number of hydrogen-bond donors (Lipinski definition) is 0. The fourth-order valence-electron chi connectivity index (χ4n) is 4.83. The van der Waals surface area contributed by atoms with Gasteiger partial charge < -0.3 is 19.4 Å². The van der Waals surface area contributed by atoms with Gasteiger partial charge in [0.05, 0.1) is 12.7 Å². The largest absolute Gasteiger partial charge is 0.377 e. The van der Waals surface area contributed by atoms with Gasteiger partial charge in [-0.2, -0.15) is 0 Å². The molecule has 3 aliphatic rings. The average molecular weight is 410 g/mol. The van der Waals surface area contributed by atoms with Gasteiger partial charge in [0.25, 0.3) is 0 Å². The molecule has 0 radical (unpaired) electrons. The van der Waals surface area contributed by atoms with Crippen molar-refractivity contribution in [2.45, 2.75) is 58.7 Å². The molecule has 3 rings (SSSR count). The topological polar surface area (TPSA) is 42.5 Å². The number of carbonyl (C=O) groups is 1. The van der Waals surface area contributed by atoms with E-state index >= 15 is 0 Å². The van der Waals surface area contributed by atoms with E-state index in [9.17, 15) is 4.79 Å². The molecule has 3 heterocycles. The van der Waals surface area contributed by atoms with Crippen molar-refractivity contribution >= 4 is 6.03 Å². The van der Waals surface area contributed by atoms with Crippen molar-refractivity contribution in [1.82, 2.24) is 24.5 Å². The fourth-order valence-corrected chi connectivity index (χ4v) is 4.83. The first-order valence-electron chi connectivity index (χ1n) is 11.8. The molecule has 168 valence electrons. The number of piperidine rings is 1. The maximum absolute atomic E-state index is 12.9. The number of hydrogen-bond acceptors (Lipinski definition) is 5. The van der Waals surface area contributed by atoms with Crippen molar-refractivity contribution in [2.24, 2.45) is 0 Å². The molecule has 0 saturated carbocycles. The first-order chi connectivity index (χ1) is 13.9. The zero-order valence-electron chi connectivity index (χ0n) is 19.2. The lowest BCUT2D eigenvalue weighted by atomic mass is 10.0. The van der Waals surface area contributed by atoms with Gasteiger partial charge in [0, 0.05) is 71.0 Å². The Hall–Kier alpha value is -0.890. The van der Waals surface area contributed by atoms with E-state index in [4.69, 9.17) is 4.74 Å². The summed E-state index contributed by atoms with van der Waals surface area (Å²) in [6.45, 7) is 20.3. The van der Waals surface area contributed by atoms with Gasteiger partial charge in [0.2, 0.25) is 0 Å². The second-order valence-electron chi connectivity index (χ2n) is 9.41. The standard InChI is InChI=1S/C22H43N5O2/c1-19(2)24-7-5-21(6-8-24)25-13-15-27(16-14-25)22(28)26-11-9-23(10-12-26)17-18-29-20(3)4/h19-21H,5-18H2,1-4H3. The number of amides is 2. The van der Waals surface area contributed by atoms with Gasteiger partial charge in [0.15, 0.2) is 0 Å². The molecule has 0 bridgehead atoms. The number of rotatable bonds is 6. The number of ether oxygens (including phenoxy) is 1. The van der Waals surface area contributed by atoms with Crippen LogP contribution in [0.2, 0.25) is 0 Å². The second kappa shape index (κ2) is 10.9. The van der Waals surface area contributed by atoms with Gasteiger partial charge >= 0.3 is 6.03 Å². The smallest absolute Gasteiger partial charge is 0.320 e. The number of likely N-dealkylation sites (tertiary alicyclic amines) is 1. The quantitative estimate of drug-likeness (QED) is 0.667. The Morgan fingerprint density at radius 3 is 1.90 bits per heavy atom. The van der Waals surface area contributed by atoms with E-state index in [1.165, 1.54) is 25.9 Å². The Morgan fingerprint density at radius 1 is 0.828 bits per heavy atom. The summed E-state index contributed by atoms with van der Waals surface area (Å²) in [5, 5.41) is 0. The molecule has 0 aliphatic carbocycles. The predicted octanol–water partition coefficient (Wildman–Crippen LogP) is 1.64. The molecule has 7 nitrogen and oxygen atoms in total. The first-order valence-corrected chi connectivity index (χ1v) is 11.8. The van der Waals surface area contributed by atoms with Crippen LogP contribution in [0, 0.1) is 0 Å². The van der Waals surface area contributed by atoms with E-state index in [2.05, 4.69) is 52.2 Å². The monoisotopic (exact) mass is 409 g/mol. The van der Waals surface area contributed by atoms with Gasteiger partial charge in [-0.3, -0.25) is 9.80 Å². The summed E-state index contributed by atoms with van der Waals surface area (Å²) < 4.78 is 5.65. The molecule has 0 atom stereocenters. The lowest BCUT2D eigenvalue weighted by Crippen LogP contribution is -2.59. The van der Waals surface area contributed by atoms with Crippen LogP contribution in [-0.4, -0.2) is 127 Å². The van der Waals surface area contributed by atoms with E-state index in [1.54, 1.807) is 0 Å². The Bertz CT molecular complexity index is 491. The number of urea groups is 1. The summed E-state index contributed by atoms with van der Waals surface area (Å²) in [7, 11) is 0. The molecule has 7 heteroatoms. The molecular weight excluding hydrogens is 366 g/mol. The number of piperazine rings is 2. The average Bonchev–Trinajstić information content (AvgIpc) is 2.74. The molecule has 0 unspecified atom stereocenters. The van der Waals surface area contributed by atoms with Crippen LogP contribution in [0.3, 0.4) is 0 Å². The zero-order chi connectivity index (χ0) is 20.8. The third-order valence-corrected chi connectivity index (χ3v) is 6.83. The molecule has 0 aromatic heterocycles. The van der Waals surface area contributed by atoms with Crippen molar-refractivity contribution in [3.63, 3.8) is 0 Å². The Morgan fingerprint density at radius 2 is 1.38 bits per heavy atom. The summed E-state index contributed by atoms with van der Waals surface area (Å²) in [6, 6.07) is 1.62. The molecule has 3 fully saturated rings. The third-order valence-electron chi connectivity index (χ3n) is 6.83. The highest BCUT2D eigenvalue weighted by Gasteiger charge is 2.31. The van der Waals surface area contributed by atoms with Crippen molar-refractivity contribution in [3.8, 4) is 0 Å². The van der Waals surface area contributed by atoms with E-state index in [0.717, 1.165) is 65.5 Å².